The smallest absolute Gasteiger partial charge is 0.0244 e. The maximum Gasteiger partial charge on any atom is 0.0244 e. The summed E-state index contributed by atoms with van der Waals surface area (Å²) in [6.07, 6.45) is 1.28. The highest BCUT2D eigenvalue weighted by atomic mass is 15.2. The first-order valence-electron chi connectivity index (χ1n) is 7.28. The van der Waals surface area contributed by atoms with Gasteiger partial charge in [-0.1, -0.05) is 38.1 Å². The first kappa shape index (κ1) is 12.2. The molecule has 1 aliphatic heterocycles. The molecule has 1 fully saturated rings. The summed E-state index contributed by atoms with van der Waals surface area (Å²) >= 11 is 0. The number of hydrogen-bond donors (Lipinski definition) is 1. The molecule has 0 radical (unpaired) electrons. The molecule has 2 aliphatic rings. The molecule has 1 aromatic rings. The molecule has 98 valence electrons. The van der Waals surface area contributed by atoms with E-state index in [-0.39, 0.29) is 0 Å². The quantitative estimate of drug-likeness (QED) is 0.877. The Morgan fingerprint density at radius 2 is 2.17 bits per heavy atom. The summed E-state index contributed by atoms with van der Waals surface area (Å²) < 4.78 is 0. The zero-order valence-electron chi connectivity index (χ0n) is 11.5. The molecule has 1 heterocycles. The average Bonchev–Trinajstić information content (AvgIpc) is 2.36. The Bertz CT molecular complexity index is 413. The molecule has 0 spiro atoms. The van der Waals surface area contributed by atoms with Crippen molar-refractivity contribution in [2.24, 2.45) is 5.92 Å². The Hall–Kier alpha value is -0.860. The summed E-state index contributed by atoms with van der Waals surface area (Å²) in [7, 11) is 0. The SMILES string of the molecule is CC(C)C1CNCCN1CC1Cc2ccccc21. The molecule has 2 atom stereocenters. The number of rotatable bonds is 3. The average molecular weight is 244 g/mol. The number of fused-ring (bicyclic) bond motifs is 1. The van der Waals surface area contributed by atoms with Crippen LogP contribution in [0, 0.1) is 5.92 Å². The van der Waals surface area contributed by atoms with Crippen LogP contribution >= 0.6 is 0 Å². The van der Waals surface area contributed by atoms with Gasteiger partial charge >= 0.3 is 0 Å². The van der Waals surface area contributed by atoms with Crippen LogP contribution in [0.4, 0.5) is 0 Å². The molecule has 2 unspecified atom stereocenters. The van der Waals surface area contributed by atoms with Crippen LogP contribution in [0.15, 0.2) is 24.3 Å². The Labute approximate surface area is 110 Å². The molecule has 2 nitrogen and oxygen atoms in total. The monoisotopic (exact) mass is 244 g/mol. The molecule has 3 rings (SSSR count). The second-order valence-corrected chi connectivity index (χ2v) is 6.11. The number of hydrogen-bond acceptors (Lipinski definition) is 2. The molecule has 2 heteroatoms. The first-order chi connectivity index (χ1) is 8.75. The van der Waals surface area contributed by atoms with Crippen molar-refractivity contribution in [3.05, 3.63) is 35.4 Å². The molecule has 1 N–H and O–H groups in total. The van der Waals surface area contributed by atoms with Crippen molar-refractivity contribution >= 4 is 0 Å². The van der Waals surface area contributed by atoms with Crippen LogP contribution in [-0.2, 0) is 6.42 Å². The van der Waals surface area contributed by atoms with Crippen LogP contribution in [0.1, 0.15) is 30.9 Å². The molecule has 0 amide bonds. The van der Waals surface area contributed by atoms with Gasteiger partial charge in [-0.3, -0.25) is 4.90 Å². The van der Waals surface area contributed by atoms with Gasteiger partial charge in [0, 0.05) is 38.1 Å². The van der Waals surface area contributed by atoms with E-state index >= 15 is 0 Å². The van der Waals surface area contributed by atoms with Crippen LogP contribution in [-0.4, -0.2) is 37.1 Å². The van der Waals surface area contributed by atoms with E-state index in [0.717, 1.165) is 24.9 Å². The maximum atomic E-state index is 3.53. The zero-order chi connectivity index (χ0) is 12.5. The van der Waals surface area contributed by atoms with E-state index in [4.69, 9.17) is 0 Å². The normalized spacial score (nSPS) is 27.9. The van der Waals surface area contributed by atoms with Crippen molar-refractivity contribution in [2.45, 2.75) is 32.2 Å². The highest BCUT2D eigenvalue weighted by Crippen LogP contribution is 2.36. The fourth-order valence-corrected chi connectivity index (χ4v) is 3.46. The van der Waals surface area contributed by atoms with Crippen LogP contribution in [0.5, 0.6) is 0 Å². The van der Waals surface area contributed by atoms with Gasteiger partial charge in [0.05, 0.1) is 0 Å². The Morgan fingerprint density at radius 3 is 2.94 bits per heavy atom. The van der Waals surface area contributed by atoms with Gasteiger partial charge < -0.3 is 5.32 Å². The van der Waals surface area contributed by atoms with Crippen molar-refractivity contribution in [1.82, 2.24) is 10.2 Å². The van der Waals surface area contributed by atoms with Crippen molar-refractivity contribution in [2.75, 3.05) is 26.2 Å². The Kier molecular flexibility index (Phi) is 3.40. The summed E-state index contributed by atoms with van der Waals surface area (Å²) in [5.74, 6) is 1.52. The van der Waals surface area contributed by atoms with Gasteiger partial charge in [-0.25, -0.2) is 0 Å². The van der Waals surface area contributed by atoms with Crippen molar-refractivity contribution in [3.63, 3.8) is 0 Å². The third-order valence-corrected chi connectivity index (χ3v) is 4.58. The van der Waals surface area contributed by atoms with Crippen LogP contribution in [0.25, 0.3) is 0 Å². The van der Waals surface area contributed by atoms with Gasteiger partial charge in [-0.05, 0) is 23.5 Å². The number of nitrogens with one attached hydrogen (secondary N) is 1. The Morgan fingerprint density at radius 1 is 1.33 bits per heavy atom. The summed E-state index contributed by atoms with van der Waals surface area (Å²) in [4.78, 5) is 2.71. The van der Waals surface area contributed by atoms with E-state index in [1.807, 2.05) is 0 Å². The minimum Gasteiger partial charge on any atom is -0.314 e. The molecule has 1 saturated heterocycles. The van der Waals surface area contributed by atoms with Crippen molar-refractivity contribution in [1.29, 1.82) is 0 Å². The fourth-order valence-electron chi connectivity index (χ4n) is 3.46. The van der Waals surface area contributed by atoms with E-state index < -0.39 is 0 Å². The summed E-state index contributed by atoms with van der Waals surface area (Å²) in [5.41, 5.74) is 3.16. The molecular formula is C16H24N2. The summed E-state index contributed by atoms with van der Waals surface area (Å²) in [6.45, 7) is 9.46. The van der Waals surface area contributed by atoms with Crippen LogP contribution in [0.3, 0.4) is 0 Å². The fraction of sp³-hybridized carbons (Fsp3) is 0.625. The van der Waals surface area contributed by atoms with Gasteiger partial charge in [0.2, 0.25) is 0 Å². The van der Waals surface area contributed by atoms with Crippen LogP contribution < -0.4 is 5.32 Å². The highest BCUT2D eigenvalue weighted by Gasteiger charge is 2.31. The molecule has 1 aromatic carbocycles. The van der Waals surface area contributed by atoms with Gasteiger partial charge in [0.15, 0.2) is 0 Å². The van der Waals surface area contributed by atoms with E-state index in [0.29, 0.717) is 6.04 Å². The molecule has 0 bridgehead atoms. The van der Waals surface area contributed by atoms with E-state index in [9.17, 15) is 0 Å². The topological polar surface area (TPSA) is 15.3 Å². The largest absolute Gasteiger partial charge is 0.314 e. The van der Waals surface area contributed by atoms with Crippen LogP contribution in [0.2, 0.25) is 0 Å². The van der Waals surface area contributed by atoms with Gasteiger partial charge in [0.1, 0.15) is 0 Å². The summed E-state index contributed by atoms with van der Waals surface area (Å²) in [6, 6.07) is 9.66. The summed E-state index contributed by atoms with van der Waals surface area (Å²) in [5, 5.41) is 3.53. The molecule has 18 heavy (non-hydrogen) atoms. The van der Waals surface area contributed by atoms with Crippen molar-refractivity contribution in [3.8, 4) is 0 Å². The standard InChI is InChI=1S/C16H24N2/c1-12(2)16-10-17-7-8-18(16)11-14-9-13-5-3-4-6-15(13)14/h3-6,12,14,16-17H,7-11H2,1-2H3. The van der Waals surface area contributed by atoms with E-state index in [1.54, 1.807) is 11.1 Å². The van der Waals surface area contributed by atoms with E-state index in [1.165, 1.54) is 19.5 Å². The van der Waals surface area contributed by atoms with Crippen molar-refractivity contribution < 1.29 is 0 Å². The number of piperazine rings is 1. The lowest BCUT2D eigenvalue weighted by atomic mass is 9.77. The molecule has 0 aromatic heterocycles. The predicted molar refractivity (Wildman–Crippen MR) is 76.0 cm³/mol. The lowest BCUT2D eigenvalue weighted by Crippen LogP contribution is -2.55. The molecular weight excluding hydrogens is 220 g/mol. The minimum absolute atomic E-state index is 0.714. The van der Waals surface area contributed by atoms with Gasteiger partial charge in [-0.15, -0.1) is 0 Å². The zero-order valence-corrected chi connectivity index (χ0v) is 11.5. The number of benzene rings is 1. The van der Waals surface area contributed by atoms with Gasteiger partial charge in [-0.2, -0.15) is 0 Å². The van der Waals surface area contributed by atoms with E-state index in [2.05, 4.69) is 48.3 Å². The lowest BCUT2D eigenvalue weighted by Gasteiger charge is -2.43. The second-order valence-electron chi connectivity index (χ2n) is 6.11. The number of nitrogens with zero attached hydrogens (tertiary/aromatic N) is 1. The lowest BCUT2D eigenvalue weighted by molar-refractivity contribution is 0.113. The minimum atomic E-state index is 0.714. The third kappa shape index (κ3) is 2.19. The molecule has 0 saturated carbocycles. The second kappa shape index (κ2) is 5.02. The molecule has 1 aliphatic carbocycles. The Balaban J connectivity index is 1.66. The first-order valence-corrected chi connectivity index (χ1v) is 7.28. The van der Waals surface area contributed by atoms with Gasteiger partial charge in [0.25, 0.3) is 0 Å². The highest BCUT2D eigenvalue weighted by molar-refractivity contribution is 5.40. The third-order valence-electron chi connectivity index (χ3n) is 4.58. The predicted octanol–water partition coefficient (Wildman–Crippen LogP) is 2.26. The maximum absolute atomic E-state index is 3.53.